The molecule has 0 aliphatic heterocycles. The van der Waals surface area contributed by atoms with Crippen molar-refractivity contribution in [2.24, 2.45) is 0 Å². The third kappa shape index (κ3) is 5.01. The van der Waals surface area contributed by atoms with E-state index in [1.54, 1.807) is 24.3 Å². The number of thioether (sulfide) groups is 1. The van der Waals surface area contributed by atoms with E-state index in [1.165, 1.54) is 22.9 Å². The average Bonchev–Trinajstić information content (AvgIpc) is 3.33. The number of imidazole rings is 1. The zero-order chi connectivity index (χ0) is 21.1. The quantitative estimate of drug-likeness (QED) is 0.388. The summed E-state index contributed by atoms with van der Waals surface area (Å²) in [4.78, 5) is 24.3. The minimum atomic E-state index is -0.126. The number of nitrogens with zero attached hydrogens (tertiary/aromatic N) is 3. The summed E-state index contributed by atoms with van der Waals surface area (Å²) in [5, 5.41) is 8.23. The number of H-pyrrole nitrogens is 1. The van der Waals surface area contributed by atoms with Gasteiger partial charge in [0.15, 0.2) is 11.0 Å². The molecule has 1 amide bonds. The van der Waals surface area contributed by atoms with Crippen LogP contribution in [-0.2, 0) is 17.0 Å². The van der Waals surface area contributed by atoms with Crippen LogP contribution in [0, 0.1) is 13.8 Å². The highest BCUT2D eigenvalue weighted by Gasteiger charge is 2.12. The fourth-order valence-corrected chi connectivity index (χ4v) is 3.73. The second-order valence-electron chi connectivity index (χ2n) is 6.94. The molecule has 0 saturated carbocycles. The summed E-state index contributed by atoms with van der Waals surface area (Å²) in [6.45, 7) is 4.16. The van der Waals surface area contributed by atoms with Gasteiger partial charge in [-0.1, -0.05) is 28.5 Å². The summed E-state index contributed by atoms with van der Waals surface area (Å²) in [5.41, 5.74) is 5.10. The van der Waals surface area contributed by atoms with Gasteiger partial charge in [-0.25, -0.2) is 4.98 Å². The van der Waals surface area contributed by atoms with E-state index in [2.05, 4.69) is 51.4 Å². The third-order valence-corrected chi connectivity index (χ3v) is 5.74. The van der Waals surface area contributed by atoms with Crippen molar-refractivity contribution in [3.63, 3.8) is 0 Å². The second-order valence-corrected chi connectivity index (χ2v) is 8.34. The van der Waals surface area contributed by atoms with Gasteiger partial charge in [-0.15, -0.1) is 0 Å². The van der Waals surface area contributed by atoms with Crippen LogP contribution in [0.4, 0.5) is 5.69 Å². The first kappa shape index (κ1) is 20.4. The molecule has 0 fully saturated rings. The highest BCUT2D eigenvalue weighted by molar-refractivity contribution is 7.98. The van der Waals surface area contributed by atoms with Gasteiger partial charge in [0.2, 0.25) is 11.8 Å². The monoisotopic (exact) mass is 441 g/mol. The number of aryl methyl sites for hydroxylation is 3. The van der Waals surface area contributed by atoms with E-state index in [0.29, 0.717) is 34.6 Å². The van der Waals surface area contributed by atoms with Gasteiger partial charge in [-0.05, 0) is 61.4 Å². The molecule has 2 aromatic carbocycles. The molecule has 2 aromatic heterocycles. The zero-order valence-electron chi connectivity index (χ0n) is 16.5. The van der Waals surface area contributed by atoms with Gasteiger partial charge >= 0.3 is 0 Å². The molecule has 4 rings (SSSR count). The first-order valence-electron chi connectivity index (χ1n) is 9.43. The predicted molar refractivity (Wildman–Crippen MR) is 118 cm³/mol. The molecule has 4 aromatic rings. The van der Waals surface area contributed by atoms with Gasteiger partial charge in [0, 0.05) is 23.6 Å². The standard InChI is InChI=1S/C21H20ClN5O2S/c1-12-9-16-17(10-13(12)2)25-21(24-16)30-11-18-26-20(29-27-18)8-7-19(28)23-15-5-3-14(22)4-6-15/h3-6,9-10H,7-8,11H2,1-2H3,(H,23,28)(H,24,25). The van der Waals surface area contributed by atoms with Crippen LogP contribution in [0.2, 0.25) is 5.02 Å². The van der Waals surface area contributed by atoms with Gasteiger partial charge < -0.3 is 14.8 Å². The lowest BCUT2D eigenvalue weighted by Gasteiger charge is -2.03. The van der Waals surface area contributed by atoms with E-state index < -0.39 is 0 Å². The first-order valence-corrected chi connectivity index (χ1v) is 10.8. The van der Waals surface area contributed by atoms with E-state index in [4.69, 9.17) is 16.1 Å². The molecule has 0 bridgehead atoms. The molecule has 30 heavy (non-hydrogen) atoms. The maximum atomic E-state index is 12.1. The van der Waals surface area contributed by atoms with Crippen molar-refractivity contribution >= 4 is 46.0 Å². The molecule has 0 aliphatic rings. The highest BCUT2D eigenvalue weighted by atomic mass is 35.5. The molecule has 2 heterocycles. The van der Waals surface area contributed by atoms with Crippen LogP contribution in [0.15, 0.2) is 46.1 Å². The summed E-state index contributed by atoms with van der Waals surface area (Å²) in [6.07, 6.45) is 0.625. The van der Waals surface area contributed by atoms with E-state index in [-0.39, 0.29) is 12.3 Å². The Morgan fingerprint density at radius 3 is 2.73 bits per heavy atom. The van der Waals surface area contributed by atoms with Crippen LogP contribution in [0.5, 0.6) is 0 Å². The number of rotatable bonds is 7. The SMILES string of the molecule is Cc1cc2nc(SCc3noc(CCC(=O)Nc4ccc(Cl)cc4)n3)[nH]c2cc1C. The fraction of sp³-hybridized carbons (Fsp3) is 0.238. The molecule has 0 spiro atoms. The number of nitrogens with one attached hydrogen (secondary N) is 2. The van der Waals surface area contributed by atoms with Crippen LogP contribution >= 0.6 is 23.4 Å². The molecule has 0 aliphatic carbocycles. The van der Waals surface area contributed by atoms with Crippen molar-refractivity contribution in [2.75, 3.05) is 5.32 Å². The summed E-state index contributed by atoms with van der Waals surface area (Å²) < 4.78 is 5.26. The minimum absolute atomic E-state index is 0.126. The maximum Gasteiger partial charge on any atom is 0.227 e. The Labute approximate surface area is 182 Å². The van der Waals surface area contributed by atoms with Gasteiger partial charge in [-0.3, -0.25) is 4.79 Å². The van der Waals surface area contributed by atoms with Crippen molar-refractivity contribution in [3.8, 4) is 0 Å². The summed E-state index contributed by atoms with van der Waals surface area (Å²) in [7, 11) is 0. The Morgan fingerprint density at radius 1 is 1.17 bits per heavy atom. The van der Waals surface area contributed by atoms with Crippen LogP contribution in [-0.4, -0.2) is 26.0 Å². The second kappa shape index (κ2) is 8.89. The molecular weight excluding hydrogens is 422 g/mol. The number of aromatic amines is 1. The van der Waals surface area contributed by atoms with Crippen molar-refractivity contribution in [1.29, 1.82) is 0 Å². The van der Waals surface area contributed by atoms with E-state index in [9.17, 15) is 4.79 Å². The zero-order valence-corrected chi connectivity index (χ0v) is 18.1. The lowest BCUT2D eigenvalue weighted by molar-refractivity contribution is -0.116. The Hall–Kier alpha value is -2.84. The molecule has 2 N–H and O–H groups in total. The lowest BCUT2D eigenvalue weighted by atomic mass is 10.1. The van der Waals surface area contributed by atoms with Crippen LogP contribution in [0.3, 0.4) is 0 Å². The highest BCUT2D eigenvalue weighted by Crippen LogP contribution is 2.24. The van der Waals surface area contributed by atoms with Crippen LogP contribution in [0.25, 0.3) is 11.0 Å². The van der Waals surface area contributed by atoms with Crippen molar-refractivity contribution in [1.82, 2.24) is 20.1 Å². The van der Waals surface area contributed by atoms with E-state index in [1.807, 2.05) is 0 Å². The molecule has 0 radical (unpaired) electrons. The summed E-state index contributed by atoms with van der Waals surface area (Å²) >= 11 is 7.35. The number of hydrogen-bond acceptors (Lipinski definition) is 6. The van der Waals surface area contributed by atoms with Crippen LogP contribution in [0.1, 0.15) is 29.3 Å². The number of amides is 1. The normalized spacial score (nSPS) is 11.2. The van der Waals surface area contributed by atoms with Gasteiger partial charge in [0.05, 0.1) is 16.8 Å². The van der Waals surface area contributed by atoms with Gasteiger partial charge in [0.25, 0.3) is 0 Å². The number of fused-ring (bicyclic) bond motifs is 1. The summed E-state index contributed by atoms with van der Waals surface area (Å²) in [5.74, 6) is 1.41. The minimum Gasteiger partial charge on any atom is -0.339 e. The third-order valence-electron chi connectivity index (χ3n) is 4.62. The number of anilines is 1. The fourth-order valence-electron chi connectivity index (χ4n) is 2.87. The Balaban J connectivity index is 1.29. The largest absolute Gasteiger partial charge is 0.339 e. The number of aromatic nitrogens is 4. The Bertz CT molecular complexity index is 1150. The smallest absolute Gasteiger partial charge is 0.227 e. The molecule has 0 saturated heterocycles. The average molecular weight is 442 g/mol. The van der Waals surface area contributed by atoms with Gasteiger partial charge in [0.1, 0.15) is 0 Å². The lowest BCUT2D eigenvalue weighted by Crippen LogP contribution is -2.12. The molecule has 9 heteroatoms. The number of carbonyl (C=O) groups is 1. The summed E-state index contributed by atoms with van der Waals surface area (Å²) in [6, 6.07) is 11.1. The van der Waals surface area contributed by atoms with Crippen molar-refractivity contribution < 1.29 is 9.32 Å². The Kier molecular flexibility index (Phi) is 6.06. The predicted octanol–water partition coefficient (Wildman–Crippen LogP) is 5.08. The molecule has 0 unspecified atom stereocenters. The molecule has 154 valence electrons. The van der Waals surface area contributed by atoms with E-state index in [0.717, 1.165) is 16.2 Å². The van der Waals surface area contributed by atoms with Gasteiger partial charge in [-0.2, -0.15) is 4.98 Å². The van der Waals surface area contributed by atoms with Crippen molar-refractivity contribution in [3.05, 3.63) is 64.3 Å². The number of hydrogen-bond donors (Lipinski definition) is 2. The number of benzene rings is 2. The molecule has 7 nitrogen and oxygen atoms in total. The Morgan fingerprint density at radius 2 is 1.93 bits per heavy atom. The molecular formula is C21H20ClN5O2S. The maximum absolute atomic E-state index is 12.1. The number of halogens is 1. The first-order chi connectivity index (χ1) is 14.5. The van der Waals surface area contributed by atoms with Crippen molar-refractivity contribution in [2.45, 2.75) is 37.6 Å². The topological polar surface area (TPSA) is 96.7 Å². The number of carbonyl (C=O) groups excluding carboxylic acids is 1. The van der Waals surface area contributed by atoms with Crippen LogP contribution < -0.4 is 5.32 Å². The molecule has 0 atom stereocenters. The van der Waals surface area contributed by atoms with E-state index >= 15 is 0 Å².